The topological polar surface area (TPSA) is 77.6 Å². The summed E-state index contributed by atoms with van der Waals surface area (Å²) in [7, 11) is 0. The number of halogens is 4. The fraction of sp³-hybridized carbons (Fsp3) is 0.348. The van der Waals surface area contributed by atoms with Gasteiger partial charge in [0.1, 0.15) is 5.75 Å². The Labute approximate surface area is 198 Å². The largest absolute Gasteiger partial charge is 0.437 e. The van der Waals surface area contributed by atoms with Crippen LogP contribution in [0.1, 0.15) is 31.4 Å². The minimum Gasteiger partial charge on any atom is -0.426 e. The molecule has 11 heteroatoms. The number of nitrogens with zero attached hydrogens (tertiary/aromatic N) is 3. The molecule has 7 nitrogen and oxygen atoms in total. The number of carbonyl (C=O) groups excluding carboxylic acids is 1. The summed E-state index contributed by atoms with van der Waals surface area (Å²) in [5, 5.41) is 4.42. The molecule has 0 radical (unpaired) electrons. The highest BCUT2D eigenvalue weighted by Crippen LogP contribution is 2.30. The summed E-state index contributed by atoms with van der Waals surface area (Å²) in [5.41, 5.74) is -0.208. The van der Waals surface area contributed by atoms with Crippen molar-refractivity contribution in [2.45, 2.75) is 33.0 Å². The van der Waals surface area contributed by atoms with Crippen LogP contribution in [0, 0.1) is 0 Å². The van der Waals surface area contributed by atoms with Gasteiger partial charge in [-0.2, -0.15) is 17.9 Å². The molecule has 0 bridgehead atoms. The van der Waals surface area contributed by atoms with Gasteiger partial charge in [-0.1, -0.05) is 25.4 Å². The van der Waals surface area contributed by atoms with Crippen molar-refractivity contribution in [3.63, 3.8) is 0 Å². The minimum atomic E-state index is -4.48. The molecule has 3 aromatic rings. The molecular formula is C23H23ClF3N3O4. The van der Waals surface area contributed by atoms with Crippen molar-refractivity contribution in [2.24, 2.45) is 0 Å². The smallest absolute Gasteiger partial charge is 0.426 e. The molecule has 1 heterocycles. The molecule has 3 rings (SSSR count). The Bertz CT molecular complexity index is 1190. The fourth-order valence-corrected chi connectivity index (χ4v) is 3.41. The number of alkyl halides is 3. The van der Waals surface area contributed by atoms with Gasteiger partial charge in [-0.15, -0.1) is 5.10 Å². The van der Waals surface area contributed by atoms with Crippen LogP contribution in [0.3, 0.4) is 0 Å². The van der Waals surface area contributed by atoms with Crippen LogP contribution in [0.2, 0.25) is 5.02 Å². The van der Waals surface area contributed by atoms with E-state index in [1.807, 2.05) is 13.8 Å². The van der Waals surface area contributed by atoms with Gasteiger partial charge >= 0.3 is 17.9 Å². The van der Waals surface area contributed by atoms with E-state index in [4.69, 9.17) is 20.8 Å². The molecule has 0 N–H and O–H groups in total. The Balaban J connectivity index is 1.78. The van der Waals surface area contributed by atoms with E-state index in [0.717, 1.165) is 29.9 Å². The molecule has 182 valence electrons. The lowest BCUT2D eigenvalue weighted by atomic mass is 10.1. The third-order valence-corrected chi connectivity index (χ3v) is 5.39. The number of rotatable bonds is 9. The lowest BCUT2D eigenvalue weighted by Gasteiger charge is -2.17. The van der Waals surface area contributed by atoms with Crippen LogP contribution < -0.4 is 10.5 Å². The molecule has 0 saturated carbocycles. The van der Waals surface area contributed by atoms with E-state index >= 15 is 0 Å². The summed E-state index contributed by atoms with van der Waals surface area (Å²) in [6.45, 7) is 6.05. The molecule has 0 spiro atoms. The summed E-state index contributed by atoms with van der Waals surface area (Å²) < 4.78 is 49.9. The second kappa shape index (κ2) is 10.9. The van der Waals surface area contributed by atoms with Gasteiger partial charge in [0, 0.05) is 22.7 Å². The molecule has 0 aliphatic heterocycles. The first-order valence-electron chi connectivity index (χ1n) is 10.6. The van der Waals surface area contributed by atoms with Gasteiger partial charge in [-0.3, -0.25) is 4.79 Å². The molecule has 2 aromatic carbocycles. The number of benzene rings is 2. The number of carbonyl (C=O) groups is 1. The third kappa shape index (κ3) is 6.48. The van der Waals surface area contributed by atoms with Gasteiger partial charge in [-0.05, 0) is 55.6 Å². The predicted octanol–water partition coefficient (Wildman–Crippen LogP) is 4.86. The van der Waals surface area contributed by atoms with E-state index in [0.29, 0.717) is 17.1 Å². The van der Waals surface area contributed by atoms with E-state index in [1.54, 1.807) is 6.07 Å². The zero-order valence-corrected chi connectivity index (χ0v) is 19.3. The average molecular weight is 498 g/mol. The van der Waals surface area contributed by atoms with Gasteiger partial charge in [0.25, 0.3) is 0 Å². The summed E-state index contributed by atoms with van der Waals surface area (Å²) in [5.74, 6) is -1.18. The number of hydrogen-bond acceptors (Lipinski definition) is 6. The standard InChI is InChI=1S/C23H23ClF3N3O4/c1-3-29(4-2)12-11-20(31)33-19-10-9-18(24)13-16(19)14-30-22(32)34-21(28-30)15-5-7-17(8-6-15)23(25,26)27/h5-10,13H,3-4,11-12,14H2,1-2H3. The van der Waals surface area contributed by atoms with Crippen LogP contribution in [0.15, 0.2) is 51.7 Å². The second-order valence-electron chi connectivity index (χ2n) is 7.41. The van der Waals surface area contributed by atoms with Crippen molar-refractivity contribution >= 4 is 17.6 Å². The molecule has 34 heavy (non-hydrogen) atoms. The molecule has 0 saturated heterocycles. The molecular weight excluding hydrogens is 475 g/mol. The third-order valence-electron chi connectivity index (χ3n) is 5.16. The molecule has 0 amide bonds. The van der Waals surface area contributed by atoms with Crippen molar-refractivity contribution in [1.82, 2.24) is 14.7 Å². The van der Waals surface area contributed by atoms with Crippen molar-refractivity contribution in [3.05, 3.63) is 69.2 Å². The van der Waals surface area contributed by atoms with Crippen LogP contribution >= 0.6 is 11.6 Å². The lowest BCUT2D eigenvalue weighted by Crippen LogP contribution is -2.27. The second-order valence-corrected chi connectivity index (χ2v) is 7.85. The summed E-state index contributed by atoms with van der Waals surface area (Å²) >= 11 is 6.08. The van der Waals surface area contributed by atoms with Crippen LogP contribution in [0.25, 0.3) is 11.5 Å². The van der Waals surface area contributed by atoms with Crippen molar-refractivity contribution in [1.29, 1.82) is 0 Å². The monoisotopic (exact) mass is 497 g/mol. The maximum absolute atomic E-state index is 12.8. The zero-order chi connectivity index (χ0) is 24.9. The highest BCUT2D eigenvalue weighted by molar-refractivity contribution is 6.30. The molecule has 0 atom stereocenters. The quantitative estimate of drug-likeness (QED) is 0.310. The van der Waals surface area contributed by atoms with Gasteiger partial charge in [0.2, 0.25) is 5.89 Å². The molecule has 0 fully saturated rings. The molecule has 0 unspecified atom stereocenters. The minimum absolute atomic E-state index is 0.123. The number of esters is 1. The van der Waals surface area contributed by atoms with Crippen LogP contribution in [-0.2, 0) is 17.5 Å². The van der Waals surface area contributed by atoms with Crippen molar-refractivity contribution < 1.29 is 27.1 Å². The van der Waals surface area contributed by atoms with Crippen LogP contribution in [-0.4, -0.2) is 40.3 Å². The van der Waals surface area contributed by atoms with E-state index in [2.05, 4.69) is 10.00 Å². The van der Waals surface area contributed by atoms with Crippen LogP contribution in [0.4, 0.5) is 13.2 Å². The SMILES string of the molecule is CCN(CC)CCC(=O)Oc1ccc(Cl)cc1Cn1nc(-c2ccc(C(F)(F)F)cc2)oc1=O. The van der Waals surface area contributed by atoms with E-state index in [9.17, 15) is 22.8 Å². The Hall–Kier alpha value is -3.11. The van der Waals surface area contributed by atoms with E-state index in [-0.39, 0.29) is 30.2 Å². The predicted molar refractivity (Wildman–Crippen MR) is 120 cm³/mol. The average Bonchev–Trinajstić information content (AvgIpc) is 3.16. The Morgan fingerprint density at radius 2 is 1.82 bits per heavy atom. The van der Waals surface area contributed by atoms with Gasteiger partial charge in [-0.25, -0.2) is 4.79 Å². The Kier molecular flexibility index (Phi) is 8.16. The lowest BCUT2D eigenvalue weighted by molar-refractivity contribution is -0.137. The van der Waals surface area contributed by atoms with Gasteiger partial charge in [0.05, 0.1) is 18.5 Å². The maximum Gasteiger partial charge on any atom is 0.437 e. The van der Waals surface area contributed by atoms with E-state index in [1.165, 1.54) is 24.3 Å². The number of ether oxygens (including phenoxy) is 1. The Morgan fingerprint density at radius 1 is 1.15 bits per heavy atom. The highest BCUT2D eigenvalue weighted by Gasteiger charge is 2.30. The fourth-order valence-electron chi connectivity index (χ4n) is 3.22. The van der Waals surface area contributed by atoms with Gasteiger partial charge in [0.15, 0.2) is 0 Å². The Morgan fingerprint density at radius 3 is 2.44 bits per heavy atom. The molecule has 0 aliphatic carbocycles. The number of hydrogen-bond donors (Lipinski definition) is 0. The van der Waals surface area contributed by atoms with Crippen molar-refractivity contribution in [2.75, 3.05) is 19.6 Å². The van der Waals surface area contributed by atoms with Gasteiger partial charge < -0.3 is 14.1 Å². The first-order valence-corrected chi connectivity index (χ1v) is 11.0. The van der Waals surface area contributed by atoms with E-state index < -0.39 is 23.5 Å². The maximum atomic E-state index is 12.8. The molecule has 1 aromatic heterocycles. The van der Waals surface area contributed by atoms with Crippen LogP contribution in [0.5, 0.6) is 5.75 Å². The first kappa shape index (κ1) is 25.5. The summed E-state index contributed by atoms with van der Waals surface area (Å²) in [6, 6.07) is 8.70. The number of aromatic nitrogens is 2. The summed E-state index contributed by atoms with van der Waals surface area (Å²) in [4.78, 5) is 26.7. The van der Waals surface area contributed by atoms with Crippen molar-refractivity contribution in [3.8, 4) is 17.2 Å². The molecule has 0 aliphatic rings. The normalized spacial score (nSPS) is 11.7. The highest BCUT2D eigenvalue weighted by atomic mass is 35.5. The first-order chi connectivity index (χ1) is 16.1. The zero-order valence-electron chi connectivity index (χ0n) is 18.6. The summed E-state index contributed by atoms with van der Waals surface area (Å²) in [6.07, 6.45) is -4.30.